The Morgan fingerprint density at radius 3 is 1.00 bits per heavy atom. The molecule has 0 unspecified atom stereocenters. The zero-order chi connectivity index (χ0) is 50.0. The van der Waals surface area contributed by atoms with Crippen LogP contribution in [-0.2, 0) is 10.8 Å². The van der Waals surface area contributed by atoms with Crippen LogP contribution in [0.2, 0.25) is 0 Å². The molecule has 2 aliphatic heterocycles. The Morgan fingerprint density at radius 1 is 0.257 bits per heavy atom. The third-order valence-electron chi connectivity index (χ3n) is 17.1. The second kappa shape index (κ2) is 16.4. The van der Waals surface area contributed by atoms with Gasteiger partial charge in [-0.15, -0.1) is 0 Å². The fourth-order valence-corrected chi connectivity index (χ4v) is 13.5. The van der Waals surface area contributed by atoms with E-state index in [4.69, 9.17) is 0 Å². The molecule has 2 aliphatic rings. The lowest BCUT2D eigenvalue weighted by Gasteiger charge is -2.41. The normalized spacial score (nSPS) is 14.2. The Hall–Kier alpha value is -8.72. The first kappa shape index (κ1) is 44.0. The lowest BCUT2D eigenvalue weighted by Crippen LogP contribution is -2.31. The average molecular weight is 949 g/mol. The predicted molar refractivity (Wildman–Crippen MR) is 317 cm³/mol. The van der Waals surface area contributed by atoms with Gasteiger partial charge in [0.15, 0.2) is 0 Å². The Labute approximate surface area is 434 Å². The van der Waals surface area contributed by atoms with E-state index in [0.717, 1.165) is 0 Å². The van der Waals surface area contributed by atoms with E-state index in [9.17, 15) is 0 Å². The van der Waals surface area contributed by atoms with Crippen LogP contribution in [0.4, 0.5) is 22.7 Å². The fraction of sp³-hybridized carbons (Fsp3) is 0.111. The van der Waals surface area contributed by atoms with Gasteiger partial charge in [-0.1, -0.05) is 240 Å². The van der Waals surface area contributed by atoms with Gasteiger partial charge >= 0.3 is 0 Å². The summed E-state index contributed by atoms with van der Waals surface area (Å²) in [5, 5.41) is 9.94. The molecular formula is C72H56N2. The molecule has 0 amide bonds. The van der Waals surface area contributed by atoms with Crippen molar-refractivity contribution in [2.24, 2.45) is 0 Å². The highest BCUT2D eigenvalue weighted by molar-refractivity contribution is 6.22. The lowest BCUT2D eigenvalue weighted by molar-refractivity contribution is 0.630. The van der Waals surface area contributed by atoms with Crippen LogP contribution >= 0.6 is 0 Å². The Kier molecular flexibility index (Phi) is 9.76. The van der Waals surface area contributed by atoms with E-state index in [1.165, 1.54) is 144 Å². The highest BCUT2D eigenvalue weighted by Crippen LogP contribution is 2.55. The summed E-state index contributed by atoms with van der Waals surface area (Å²) in [4.78, 5) is 4.83. The minimum absolute atomic E-state index is 0.150. The number of anilines is 4. The smallest absolute Gasteiger partial charge is 0.0529 e. The topological polar surface area (TPSA) is 6.48 Å². The third-order valence-corrected chi connectivity index (χ3v) is 17.1. The molecule has 0 atom stereocenters. The summed E-state index contributed by atoms with van der Waals surface area (Å²) in [6.45, 7) is 9.48. The summed E-state index contributed by atoms with van der Waals surface area (Å²) in [6.07, 6.45) is 0. The van der Waals surface area contributed by atoms with Crippen LogP contribution in [0.1, 0.15) is 49.9 Å². The molecule has 0 N–H and O–H groups in total. The van der Waals surface area contributed by atoms with Crippen LogP contribution in [0.15, 0.2) is 231 Å². The summed E-state index contributed by atoms with van der Waals surface area (Å²) < 4.78 is 0. The van der Waals surface area contributed by atoms with Gasteiger partial charge in [0, 0.05) is 47.4 Å². The summed E-state index contributed by atoms with van der Waals surface area (Å²) in [5.41, 5.74) is 22.5. The van der Waals surface area contributed by atoms with Gasteiger partial charge < -0.3 is 9.80 Å². The van der Waals surface area contributed by atoms with Gasteiger partial charge in [0.1, 0.15) is 0 Å². The van der Waals surface area contributed by atoms with E-state index in [1.807, 2.05) is 0 Å². The maximum absolute atomic E-state index is 2.50. The number of rotatable bonds is 5. The second-order valence-corrected chi connectivity index (χ2v) is 21.6. The fourth-order valence-electron chi connectivity index (χ4n) is 13.5. The number of benzene rings is 12. The van der Waals surface area contributed by atoms with Crippen LogP contribution in [0.5, 0.6) is 0 Å². The molecule has 354 valence electrons. The van der Waals surface area contributed by atoms with Crippen molar-refractivity contribution in [3.05, 3.63) is 253 Å². The molecule has 0 saturated heterocycles. The van der Waals surface area contributed by atoms with Crippen molar-refractivity contribution < 1.29 is 0 Å². The number of fused-ring (bicyclic) bond motifs is 8. The molecule has 0 radical (unpaired) electrons. The van der Waals surface area contributed by atoms with Gasteiger partial charge in [0.2, 0.25) is 0 Å². The van der Waals surface area contributed by atoms with Crippen molar-refractivity contribution in [2.75, 3.05) is 23.9 Å². The molecule has 0 bridgehead atoms. The molecule has 0 aliphatic carbocycles. The highest BCUT2D eigenvalue weighted by Gasteiger charge is 2.38. The van der Waals surface area contributed by atoms with Gasteiger partial charge in [-0.05, 0) is 128 Å². The van der Waals surface area contributed by atoms with Crippen LogP contribution in [0.3, 0.4) is 0 Å². The summed E-state index contributed by atoms with van der Waals surface area (Å²) in [5.74, 6) is 0. The number of para-hydroxylation sites is 4. The summed E-state index contributed by atoms with van der Waals surface area (Å²) in [6, 6.07) is 86.6. The largest absolute Gasteiger partial charge is 0.344 e. The molecule has 0 saturated carbocycles. The minimum Gasteiger partial charge on any atom is -0.344 e. The van der Waals surface area contributed by atoms with E-state index < -0.39 is 0 Å². The molecule has 12 aromatic carbocycles. The van der Waals surface area contributed by atoms with Crippen molar-refractivity contribution in [1.82, 2.24) is 0 Å². The van der Waals surface area contributed by atoms with Gasteiger partial charge in [0.25, 0.3) is 0 Å². The van der Waals surface area contributed by atoms with Crippen molar-refractivity contribution >= 4 is 65.8 Å². The van der Waals surface area contributed by atoms with Crippen molar-refractivity contribution in [3.63, 3.8) is 0 Å². The molecule has 2 heteroatoms. The SMILES string of the molecule is CN1c2ccccc2C(C)(C)c2cccc(-c3ccc(-c4cccc5c(-c6ccccc6)c6cccc(-c7ccc(-c8cccc9c8N(C)c8ccccc8C9(C)C)c8ccccc78)c6cc45)c4ccccc34)c21. The maximum Gasteiger partial charge on any atom is 0.0529 e. The molecule has 2 nitrogen and oxygen atoms in total. The minimum atomic E-state index is -0.150. The van der Waals surface area contributed by atoms with Crippen LogP contribution in [0.25, 0.3) is 98.7 Å². The Balaban J connectivity index is 0.980. The monoisotopic (exact) mass is 948 g/mol. The molecule has 2 heterocycles. The van der Waals surface area contributed by atoms with E-state index in [0.29, 0.717) is 0 Å². The first-order valence-electron chi connectivity index (χ1n) is 26.1. The predicted octanol–water partition coefficient (Wildman–Crippen LogP) is 19.4. The molecule has 0 spiro atoms. The standard InChI is InChI=1S/C72H56N2/c1-71(2)62-34-14-16-38-66(62)73(5)69-58(32-20-36-64(69)71)54-42-40-52(46-24-10-12-26-48(46)54)50-28-18-30-56-60(50)44-61-51(29-19-31-57(61)68(56)45-22-8-7-9-23-45)53-41-43-55(49-27-13-11-25-47(49)53)59-33-21-37-65-70(59)74(6)67-39-17-15-35-63(67)72(65,3)4/h7-44H,1-6H3. The third kappa shape index (κ3) is 6.31. The zero-order valence-electron chi connectivity index (χ0n) is 42.8. The summed E-state index contributed by atoms with van der Waals surface area (Å²) in [7, 11) is 4.47. The Morgan fingerprint density at radius 2 is 0.568 bits per heavy atom. The zero-order valence-corrected chi connectivity index (χ0v) is 42.8. The van der Waals surface area contributed by atoms with Crippen molar-refractivity contribution in [3.8, 4) is 55.6 Å². The molecule has 0 aromatic heterocycles. The molecule has 12 aromatic rings. The van der Waals surface area contributed by atoms with E-state index >= 15 is 0 Å². The first-order chi connectivity index (χ1) is 36.1. The van der Waals surface area contributed by atoms with Crippen molar-refractivity contribution in [2.45, 2.75) is 38.5 Å². The molecule has 0 fully saturated rings. The highest BCUT2D eigenvalue weighted by atomic mass is 15.1. The Bertz CT molecular complexity index is 4040. The van der Waals surface area contributed by atoms with E-state index in [-0.39, 0.29) is 10.8 Å². The lowest BCUT2D eigenvalue weighted by atomic mass is 9.72. The molecule has 14 rings (SSSR count). The summed E-state index contributed by atoms with van der Waals surface area (Å²) >= 11 is 0. The van der Waals surface area contributed by atoms with Crippen molar-refractivity contribution in [1.29, 1.82) is 0 Å². The van der Waals surface area contributed by atoms with Gasteiger partial charge in [0.05, 0.1) is 11.4 Å². The van der Waals surface area contributed by atoms with Crippen LogP contribution in [-0.4, -0.2) is 14.1 Å². The number of hydrogen-bond donors (Lipinski definition) is 0. The molecular weight excluding hydrogens is 893 g/mol. The van der Waals surface area contributed by atoms with Gasteiger partial charge in [-0.25, -0.2) is 0 Å². The van der Waals surface area contributed by atoms with E-state index in [2.05, 4.69) is 282 Å². The first-order valence-corrected chi connectivity index (χ1v) is 26.1. The number of nitrogens with zero attached hydrogens (tertiary/aromatic N) is 2. The van der Waals surface area contributed by atoms with Gasteiger partial charge in [-0.3, -0.25) is 0 Å². The number of hydrogen-bond acceptors (Lipinski definition) is 2. The van der Waals surface area contributed by atoms with Crippen LogP contribution in [0, 0.1) is 0 Å². The second-order valence-electron chi connectivity index (χ2n) is 21.6. The quantitative estimate of drug-likeness (QED) is 0.159. The maximum atomic E-state index is 2.50. The average Bonchev–Trinajstić information content (AvgIpc) is 3.45. The van der Waals surface area contributed by atoms with E-state index in [1.54, 1.807) is 0 Å². The van der Waals surface area contributed by atoms with Gasteiger partial charge in [-0.2, -0.15) is 0 Å². The molecule has 74 heavy (non-hydrogen) atoms. The van der Waals surface area contributed by atoms with Crippen LogP contribution < -0.4 is 9.80 Å².